The molecule has 1 unspecified atom stereocenters. The Morgan fingerprint density at radius 1 is 1.14 bits per heavy atom. The van der Waals surface area contributed by atoms with Gasteiger partial charge in [0.2, 0.25) is 17.8 Å². The highest BCUT2D eigenvalue weighted by molar-refractivity contribution is 9.10. The van der Waals surface area contributed by atoms with E-state index in [1.807, 2.05) is 47.1 Å². The zero-order valence-electron chi connectivity index (χ0n) is 19.6. The van der Waals surface area contributed by atoms with Gasteiger partial charge in [0.15, 0.2) is 12.4 Å². The van der Waals surface area contributed by atoms with Gasteiger partial charge in [-0.1, -0.05) is 17.7 Å². The first kappa shape index (κ1) is 24.7. The van der Waals surface area contributed by atoms with Crippen LogP contribution in [0.3, 0.4) is 0 Å². The van der Waals surface area contributed by atoms with E-state index in [4.69, 9.17) is 11.6 Å². The number of hydrogen-bond donors (Lipinski definition) is 1. The third-order valence-electron chi connectivity index (χ3n) is 7.41. The fraction of sp³-hybridized carbons (Fsp3) is 0.370. The van der Waals surface area contributed by atoms with Gasteiger partial charge in [-0.15, -0.1) is 0 Å². The molecule has 182 valence electrons. The van der Waals surface area contributed by atoms with Crippen molar-refractivity contribution >= 4 is 49.4 Å². The molecule has 1 amide bonds. The minimum atomic E-state index is 0.0283. The molecule has 1 fully saturated rings. The number of amides is 1. The number of rotatable bonds is 3. The number of aryl methyl sites for hydroxylation is 2. The second kappa shape index (κ2) is 10.2. The first-order valence-corrected chi connectivity index (χ1v) is 13.9. The van der Waals surface area contributed by atoms with Crippen LogP contribution in [0.1, 0.15) is 46.7 Å². The normalized spacial score (nSPS) is 18.1. The summed E-state index contributed by atoms with van der Waals surface area (Å²) in [5.74, 6) is 0.508. The number of carbonyl (C=O) groups is 1. The summed E-state index contributed by atoms with van der Waals surface area (Å²) in [6.45, 7) is 1.45. The standard InChI is InChI=1S/C27H28Br2ClN3O2/c1-31-10-6-17(7-11-31)14-24(34)32-12-8-18(9-13-32)25-21-4-5-23(30)26(29)22(21)3-2-19-15-20(28)16-33(35)27(19)25/h4-7,10-11,15-16,18,25,35H,2-3,8-9,12-14H2,1H3/q+2. The molecular weight excluding hydrogens is 594 g/mol. The molecule has 2 aliphatic rings. The Morgan fingerprint density at radius 2 is 1.86 bits per heavy atom. The van der Waals surface area contributed by atoms with Crippen LogP contribution in [0.5, 0.6) is 0 Å². The van der Waals surface area contributed by atoms with E-state index < -0.39 is 0 Å². The van der Waals surface area contributed by atoms with Crippen molar-refractivity contribution in [2.24, 2.45) is 13.0 Å². The van der Waals surface area contributed by atoms with Crippen LogP contribution in [0, 0.1) is 5.92 Å². The molecule has 1 atom stereocenters. The van der Waals surface area contributed by atoms with Crippen LogP contribution in [0.15, 0.2) is 57.9 Å². The van der Waals surface area contributed by atoms with E-state index in [2.05, 4.69) is 44.0 Å². The third kappa shape index (κ3) is 5.00. The van der Waals surface area contributed by atoms with E-state index in [-0.39, 0.29) is 11.8 Å². The number of pyridine rings is 2. The summed E-state index contributed by atoms with van der Waals surface area (Å²) >= 11 is 13.7. The van der Waals surface area contributed by atoms with Gasteiger partial charge in [-0.2, -0.15) is 0 Å². The van der Waals surface area contributed by atoms with E-state index in [1.54, 1.807) is 6.20 Å². The lowest BCUT2D eigenvalue weighted by atomic mass is 9.76. The average molecular weight is 622 g/mol. The van der Waals surface area contributed by atoms with Crippen LogP contribution in [0.2, 0.25) is 5.02 Å². The second-order valence-electron chi connectivity index (χ2n) is 9.59. The van der Waals surface area contributed by atoms with Crippen molar-refractivity contribution in [3.8, 4) is 0 Å². The van der Waals surface area contributed by atoms with Crippen LogP contribution < -0.4 is 9.30 Å². The van der Waals surface area contributed by atoms with Gasteiger partial charge in [-0.25, -0.2) is 4.57 Å². The molecule has 1 aliphatic carbocycles. The van der Waals surface area contributed by atoms with Crippen LogP contribution >= 0.6 is 43.5 Å². The molecule has 8 heteroatoms. The van der Waals surface area contributed by atoms with Crippen LogP contribution in [-0.4, -0.2) is 29.1 Å². The van der Waals surface area contributed by atoms with Crippen LogP contribution in [0.25, 0.3) is 0 Å². The molecule has 5 rings (SSSR count). The fourth-order valence-electron chi connectivity index (χ4n) is 5.61. The summed E-state index contributed by atoms with van der Waals surface area (Å²) in [7, 11) is 1.97. The van der Waals surface area contributed by atoms with Gasteiger partial charge in [0.1, 0.15) is 7.05 Å². The van der Waals surface area contributed by atoms with E-state index in [0.717, 1.165) is 64.5 Å². The molecule has 0 radical (unpaired) electrons. The summed E-state index contributed by atoms with van der Waals surface area (Å²) in [4.78, 5) is 15.0. The molecule has 0 bridgehead atoms. The van der Waals surface area contributed by atoms with Crippen LogP contribution in [-0.2, 0) is 31.1 Å². The van der Waals surface area contributed by atoms with Crippen molar-refractivity contribution in [1.82, 2.24) is 4.90 Å². The SMILES string of the molecule is C[n+]1ccc(CC(=O)N2CCC(C3c4ccc(Cl)c(Br)c4CCc4cc(Br)c[n+](O)c43)CC2)cc1. The highest BCUT2D eigenvalue weighted by Gasteiger charge is 2.40. The molecule has 0 saturated carbocycles. The number of benzene rings is 1. The van der Waals surface area contributed by atoms with E-state index >= 15 is 0 Å². The number of fused-ring (bicyclic) bond motifs is 2. The molecular formula is C27H28Br2ClN3O2+2. The summed E-state index contributed by atoms with van der Waals surface area (Å²) in [5.41, 5.74) is 5.55. The topological polar surface area (TPSA) is 48.3 Å². The molecule has 2 aromatic heterocycles. The number of piperidine rings is 1. The van der Waals surface area contributed by atoms with Gasteiger partial charge in [-0.3, -0.25) is 10.0 Å². The lowest BCUT2D eigenvalue weighted by molar-refractivity contribution is -0.911. The maximum absolute atomic E-state index is 13.0. The largest absolute Gasteiger partial charge is 0.342 e. The van der Waals surface area contributed by atoms with Gasteiger partial charge < -0.3 is 4.90 Å². The van der Waals surface area contributed by atoms with E-state index in [0.29, 0.717) is 17.4 Å². The van der Waals surface area contributed by atoms with E-state index in [1.165, 1.54) is 15.9 Å². The molecule has 3 aromatic rings. The Labute approximate surface area is 227 Å². The number of carbonyl (C=O) groups excluding carboxylic acids is 1. The summed E-state index contributed by atoms with van der Waals surface area (Å²) < 4.78 is 5.07. The van der Waals surface area contributed by atoms with Crippen molar-refractivity contribution in [1.29, 1.82) is 0 Å². The minimum absolute atomic E-state index is 0.0283. The zero-order valence-corrected chi connectivity index (χ0v) is 23.5. The lowest BCUT2D eigenvalue weighted by Crippen LogP contribution is -2.44. The number of hydrogen-bond acceptors (Lipinski definition) is 2. The molecule has 0 spiro atoms. The number of halogens is 3. The molecule has 1 aromatic carbocycles. The molecule has 1 N–H and O–H groups in total. The van der Waals surface area contributed by atoms with Gasteiger partial charge in [0, 0.05) is 40.0 Å². The Balaban J connectivity index is 1.42. The predicted octanol–water partition coefficient (Wildman–Crippen LogP) is 4.93. The number of likely N-dealkylation sites (tertiary alicyclic amines) is 1. The zero-order chi connectivity index (χ0) is 24.7. The summed E-state index contributed by atoms with van der Waals surface area (Å²) in [6, 6.07) is 10.2. The highest BCUT2D eigenvalue weighted by atomic mass is 79.9. The predicted molar refractivity (Wildman–Crippen MR) is 141 cm³/mol. The first-order valence-electron chi connectivity index (χ1n) is 11.9. The van der Waals surface area contributed by atoms with Crippen LogP contribution in [0.4, 0.5) is 0 Å². The smallest absolute Gasteiger partial charge is 0.245 e. The van der Waals surface area contributed by atoms with Gasteiger partial charge >= 0.3 is 0 Å². The van der Waals surface area contributed by atoms with Crippen molar-refractivity contribution in [2.75, 3.05) is 13.1 Å². The molecule has 1 aliphatic heterocycles. The maximum Gasteiger partial charge on any atom is 0.245 e. The fourth-order valence-corrected chi connectivity index (χ4v) is 6.82. The Hall–Kier alpha value is -1.96. The average Bonchev–Trinajstić information content (AvgIpc) is 3.00. The highest BCUT2D eigenvalue weighted by Crippen LogP contribution is 2.45. The Bertz CT molecular complexity index is 1270. The quantitative estimate of drug-likeness (QED) is 0.333. The van der Waals surface area contributed by atoms with Gasteiger partial charge in [0.25, 0.3) is 0 Å². The Kier molecular flexibility index (Phi) is 7.20. The summed E-state index contributed by atoms with van der Waals surface area (Å²) in [5, 5.41) is 11.7. The monoisotopic (exact) mass is 619 g/mol. The molecule has 3 heterocycles. The lowest BCUT2D eigenvalue weighted by Gasteiger charge is -2.35. The van der Waals surface area contributed by atoms with Gasteiger partial charge in [0.05, 0.1) is 21.8 Å². The van der Waals surface area contributed by atoms with Crippen molar-refractivity contribution in [3.63, 3.8) is 0 Å². The number of nitrogens with zero attached hydrogens (tertiary/aromatic N) is 3. The second-order valence-corrected chi connectivity index (χ2v) is 11.7. The molecule has 5 nitrogen and oxygen atoms in total. The Morgan fingerprint density at radius 3 is 2.57 bits per heavy atom. The molecule has 1 saturated heterocycles. The summed E-state index contributed by atoms with van der Waals surface area (Å²) in [6.07, 6.45) is 9.54. The number of aromatic nitrogens is 2. The first-order chi connectivity index (χ1) is 16.8. The van der Waals surface area contributed by atoms with Crippen molar-refractivity contribution in [3.05, 3.63) is 90.8 Å². The molecule has 35 heavy (non-hydrogen) atoms. The van der Waals surface area contributed by atoms with Crippen molar-refractivity contribution in [2.45, 2.75) is 38.0 Å². The third-order valence-corrected chi connectivity index (χ3v) is 9.29. The van der Waals surface area contributed by atoms with Gasteiger partial charge in [-0.05, 0) is 92.3 Å². The minimum Gasteiger partial charge on any atom is -0.342 e. The van der Waals surface area contributed by atoms with Crippen molar-refractivity contribution < 1.29 is 19.3 Å². The maximum atomic E-state index is 13.0. The van der Waals surface area contributed by atoms with E-state index in [9.17, 15) is 10.0 Å².